The number of hydrogen-bond acceptors (Lipinski definition) is 3. The second kappa shape index (κ2) is 5.41. The Hall–Kier alpha value is -1.86. The molecule has 1 heterocycles. The first-order valence-electron chi connectivity index (χ1n) is 6.16. The van der Waals surface area contributed by atoms with E-state index in [1.165, 1.54) is 17.4 Å². The summed E-state index contributed by atoms with van der Waals surface area (Å²) in [6, 6.07) is 7.22. The molecule has 2 nitrogen and oxygen atoms in total. The topological polar surface area (TPSA) is 49.8 Å². The quantitative estimate of drug-likeness (QED) is 0.908. The number of halogens is 1. The van der Waals surface area contributed by atoms with Gasteiger partial charge in [0.05, 0.1) is 5.69 Å². The second-order valence-corrected chi connectivity index (χ2v) is 5.52. The van der Waals surface area contributed by atoms with E-state index in [0.29, 0.717) is 16.1 Å². The van der Waals surface area contributed by atoms with Crippen molar-refractivity contribution in [3.05, 3.63) is 40.0 Å². The van der Waals surface area contributed by atoms with Gasteiger partial charge in [0.15, 0.2) is 0 Å². The SMILES string of the molecule is CCCc1c(-c2ccc(C)cc2F)sc(C#N)c1N. The van der Waals surface area contributed by atoms with E-state index in [1.54, 1.807) is 6.07 Å². The first-order valence-corrected chi connectivity index (χ1v) is 6.97. The summed E-state index contributed by atoms with van der Waals surface area (Å²) in [5.41, 5.74) is 8.80. The minimum atomic E-state index is -0.261. The predicted octanol–water partition coefficient (Wildman–Crippen LogP) is 4.27. The summed E-state index contributed by atoms with van der Waals surface area (Å²) in [7, 11) is 0. The average molecular weight is 274 g/mol. The molecule has 0 atom stereocenters. The van der Waals surface area contributed by atoms with Gasteiger partial charge in [-0.1, -0.05) is 25.5 Å². The molecule has 98 valence electrons. The molecule has 0 spiro atoms. The van der Waals surface area contributed by atoms with Crippen molar-refractivity contribution in [2.24, 2.45) is 0 Å². The van der Waals surface area contributed by atoms with E-state index >= 15 is 0 Å². The highest BCUT2D eigenvalue weighted by Gasteiger charge is 2.18. The van der Waals surface area contributed by atoms with Gasteiger partial charge < -0.3 is 5.73 Å². The maximum atomic E-state index is 14.1. The van der Waals surface area contributed by atoms with Gasteiger partial charge in [-0.05, 0) is 30.5 Å². The number of rotatable bonds is 3. The highest BCUT2D eigenvalue weighted by Crippen LogP contribution is 2.40. The highest BCUT2D eigenvalue weighted by molar-refractivity contribution is 7.16. The number of nitrogen functional groups attached to an aromatic ring is 1. The average Bonchev–Trinajstić information content (AvgIpc) is 2.68. The molecular formula is C15H15FN2S. The van der Waals surface area contributed by atoms with Crippen LogP contribution in [0.25, 0.3) is 10.4 Å². The van der Waals surface area contributed by atoms with E-state index < -0.39 is 0 Å². The molecule has 0 unspecified atom stereocenters. The van der Waals surface area contributed by atoms with Gasteiger partial charge in [0, 0.05) is 10.4 Å². The standard InChI is InChI=1S/C15H15FN2S/c1-3-4-11-14(18)13(8-17)19-15(11)10-6-5-9(2)7-12(10)16/h5-7H,3-4,18H2,1-2H3. The van der Waals surface area contributed by atoms with E-state index in [2.05, 4.69) is 6.07 Å². The van der Waals surface area contributed by atoms with Crippen LogP contribution >= 0.6 is 11.3 Å². The number of hydrogen-bond donors (Lipinski definition) is 1. The number of anilines is 1. The van der Waals surface area contributed by atoms with Crippen LogP contribution in [0.3, 0.4) is 0 Å². The smallest absolute Gasteiger partial charge is 0.132 e. The Balaban J connectivity index is 2.64. The first-order chi connectivity index (χ1) is 9.08. The lowest BCUT2D eigenvalue weighted by molar-refractivity contribution is 0.630. The van der Waals surface area contributed by atoms with Crippen LogP contribution < -0.4 is 5.73 Å². The zero-order valence-corrected chi connectivity index (χ0v) is 11.8. The van der Waals surface area contributed by atoms with Crippen LogP contribution in [-0.2, 0) is 6.42 Å². The summed E-state index contributed by atoms with van der Waals surface area (Å²) in [6.07, 6.45) is 1.67. The van der Waals surface area contributed by atoms with Gasteiger partial charge >= 0.3 is 0 Å². The Morgan fingerprint density at radius 1 is 1.42 bits per heavy atom. The maximum absolute atomic E-state index is 14.1. The molecule has 0 saturated carbocycles. The molecule has 2 rings (SSSR count). The lowest BCUT2D eigenvalue weighted by Crippen LogP contribution is -1.94. The fraction of sp³-hybridized carbons (Fsp3) is 0.267. The minimum absolute atomic E-state index is 0.261. The largest absolute Gasteiger partial charge is 0.397 e. The van der Waals surface area contributed by atoms with Crippen LogP contribution in [0.1, 0.15) is 29.3 Å². The summed E-state index contributed by atoms with van der Waals surface area (Å²) in [5.74, 6) is -0.261. The molecule has 0 aliphatic heterocycles. The zero-order chi connectivity index (χ0) is 14.0. The summed E-state index contributed by atoms with van der Waals surface area (Å²) in [4.78, 5) is 1.26. The van der Waals surface area contributed by atoms with Crippen LogP contribution in [-0.4, -0.2) is 0 Å². The van der Waals surface area contributed by atoms with Crippen molar-refractivity contribution in [2.45, 2.75) is 26.7 Å². The molecule has 0 saturated heterocycles. The molecule has 0 fully saturated rings. The molecule has 4 heteroatoms. The number of thiophene rings is 1. The van der Waals surface area contributed by atoms with Crippen LogP contribution in [0.4, 0.5) is 10.1 Å². The van der Waals surface area contributed by atoms with Gasteiger partial charge in [-0.3, -0.25) is 0 Å². The lowest BCUT2D eigenvalue weighted by Gasteiger charge is -2.06. The van der Waals surface area contributed by atoms with E-state index in [1.807, 2.05) is 19.9 Å². The molecule has 0 bridgehead atoms. The third kappa shape index (κ3) is 2.47. The van der Waals surface area contributed by atoms with Crippen molar-refractivity contribution < 1.29 is 4.39 Å². The van der Waals surface area contributed by atoms with Crippen LogP contribution in [0.15, 0.2) is 18.2 Å². The number of nitriles is 1. The van der Waals surface area contributed by atoms with Gasteiger partial charge in [0.1, 0.15) is 16.8 Å². The van der Waals surface area contributed by atoms with Gasteiger partial charge in [0.2, 0.25) is 0 Å². The van der Waals surface area contributed by atoms with Crippen molar-refractivity contribution >= 4 is 17.0 Å². The zero-order valence-electron chi connectivity index (χ0n) is 11.0. The summed E-state index contributed by atoms with van der Waals surface area (Å²) >= 11 is 1.27. The molecule has 0 aliphatic rings. The maximum Gasteiger partial charge on any atom is 0.132 e. The number of aryl methyl sites for hydroxylation is 1. The van der Waals surface area contributed by atoms with Crippen molar-refractivity contribution in [3.8, 4) is 16.5 Å². The van der Waals surface area contributed by atoms with Crippen LogP contribution in [0.2, 0.25) is 0 Å². The molecule has 2 aromatic rings. The third-order valence-corrected chi connectivity index (χ3v) is 4.20. The van der Waals surface area contributed by atoms with Crippen LogP contribution in [0, 0.1) is 24.1 Å². The Labute approximate surface area is 116 Å². The Kier molecular flexibility index (Phi) is 3.87. The number of nitrogens with zero attached hydrogens (tertiary/aromatic N) is 1. The van der Waals surface area contributed by atoms with E-state index in [0.717, 1.165) is 28.8 Å². The molecule has 1 aromatic carbocycles. The molecule has 0 radical (unpaired) electrons. The lowest BCUT2D eigenvalue weighted by atomic mass is 10.0. The minimum Gasteiger partial charge on any atom is -0.397 e. The highest BCUT2D eigenvalue weighted by atomic mass is 32.1. The summed E-state index contributed by atoms with van der Waals surface area (Å²) < 4.78 is 14.1. The molecule has 0 aliphatic carbocycles. The van der Waals surface area contributed by atoms with E-state index in [9.17, 15) is 4.39 Å². The Morgan fingerprint density at radius 2 is 2.16 bits per heavy atom. The van der Waals surface area contributed by atoms with E-state index in [-0.39, 0.29) is 5.82 Å². The van der Waals surface area contributed by atoms with Crippen molar-refractivity contribution in [2.75, 3.05) is 5.73 Å². The summed E-state index contributed by atoms with van der Waals surface area (Å²) in [6.45, 7) is 3.89. The third-order valence-electron chi connectivity index (χ3n) is 3.02. The second-order valence-electron chi connectivity index (χ2n) is 4.50. The fourth-order valence-corrected chi connectivity index (χ4v) is 3.17. The normalized spacial score (nSPS) is 10.4. The van der Waals surface area contributed by atoms with Gasteiger partial charge in [-0.15, -0.1) is 11.3 Å². The monoisotopic (exact) mass is 274 g/mol. The van der Waals surface area contributed by atoms with Gasteiger partial charge in [0.25, 0.3) is 0 Å². The van der Waals surface area contributed by atoms with E-state index in [4.69, 9.17) is 11.0 Å². The number of nitrogens with two attached hydrogens (primary N) is 1. The van der Waals surface area contributed by atoms with Gasteiger partial charge in [-0.25, -0.2) is 4.39 Å². The Morgan fingerprint density at radius 3 is 2.74 bits per heavy atom. The van der Waals surface area contributed by atoms with Crippen molar-refractivity contribution in [3.63, 3.8) is 0 Å². The van der Waals surface area contributed by atoms with Crippen molar-refractivity contribution in [1.82, 2.24) is 0 Å². The number of benzene rings is 1. The molecular weight excluding hydrogens is 259 g/mol. The first kappa shape index (κ1) is 13.6. The Bertz CT molecular complexity index is 653. The molecule has 19 heavy (non-hydrogen) atoms. The van der Waals surface area contributed by atoms with Crippen molar-refractivity contribution in [1.29, 1.82) is 5.26 Å². The molecule has 2 N–H and O–H groups in total. The summed E-state index contributed by atoms with van der Waals surface area (Å²) in [5, 5.41) is 9.07. The molecule has 0 amide bonds. The van der Waals surface area contributed by atoms with Gasteiger partial charge in [-0.2, -0.15) is 5.26 Å². The molecule has 1 aromatic heterocycles. The predicted molar refractivity (Wildman–Crippen MR) is 77.6 cm³/mol. The fourth-order valence-electron chi connectivity index (χ4n) is 2.08. The van der Waals surface area contributed by atoms with Crippen LogP contribution in [0.5, 0.6) is 0 Å².